The molecule has 23 nitrogen and oxygen atoms in total. The van der Waals surface area contributed by atoms with Crippen LogP contribution in [0.15, 0.2) is 27.0 Å². The molecule has 0 saturated carbocycles. The van der Waals surface area contributed by atoms with Gasteiger partial charge in [-0.1, -0.05) is 15.5 Å². The van der Waals surface area contributed by atoms with Crippen molar-refractivity contribution in [2.75, 3.05) is 19.8 Å². The zero-order chi connectivity index (χ0) is 73.3. The van der Waals surface area contributed by atoms with Crippen LogP contribution in [0, 0.1) is 11.3 Å². The lowest BCUT2D eigenvalue weighted by atomic mass is 10.1. The first-order valence-electron chi connectivity index (χ1n) is 30.1. The third kappa shape index (κ3) is 40.6. The molecule has 2 aromatic rings. The van der Waals surface area contributed by atoms with E-state index in [1.165, 1.54) is 27.7 Å². The topological polar surface area (TPSA) is 347 Å². The second-order valence-electron chi connectivity index (χ2n) is 18.5. The van der Waals surface area contributed by atoms with E-state index < -0.39 is 141 Å². The van der Waals surface area contributed by atoms with Gasteiger partial charge in [-0.2, -0.15) is 15.2 Å². The second-order valence-corrected chi connectivity index (χ2v) is 26.4. The van der Waals surface area contributed by atoms with Crippen molar-refractivity contribution in [3.63, 3.8) is 0 Å². The Balaban J connectivity index is -0.000000324. The fourth-order valence-corrected chi connectivity index (χ4v) is 4.75. The van der Waals surface area contributed by atoms with E-state index in [1.54, 1.807) is 34.6 Å². The van der Waals surface area contributed by atoms with Gasteiger partial charge in [-0.25, -0.2) is 35.8 Å². The molecule has 426 valence electrons. The molecule has 0 aliphatic rings. The standard InChI is InChI=1S/C9H17N3O2S.C8H19N3O2S.C8H16N2OS.C7H16O3.C5H8ClN3O.C4H11NOS.C3H6O/c1-8(2,3)15(13)12-9(4,5)7-10-6-14-11-7;1-7(2,3)14(13)11-8(4,5)6(9)10-12;1-7(2,3)12(11)10-8(4,5)6-9;1-4-8-7(9-5-2)10-6-3;1-5(2,9-6)4-7-3-10-8-4;1-4(2,3)7(5)6;1-3(2)4/h6,12H,1-5H3;11-12H,1-5H3,(H2,9,10);10H,1-5H3;7H,4-6H2,1-3H3;3,9H,1-2H3;5H2,1-3H3;1-2H3/t15-;14-;12-;;;7-;/m000..0./s1/i2*4D3,5D3;;;1D3;;1D3. The number of aromatic nitrogens is 4. The predicted molar refractivity (Wildman–Crippen MR) is 291 cm³/mol. The number of ether oxygens (including phenoxy) is 3. The summed E-state index contributed by atoms with van der Waals surface area (Å²) in [7, 11) is -6.40. The third-order valence-electron chi connectivity index (χ3n) is 6.49. The van der Waals surface area contributed by atoms with Crippen molar-refractivity contribution in [3.8, 4) is 6.07 Å². The van der Waals surface area contributed by atoms with Gasteiger partial charge in [0.05, 0.1) is 85.6 Å². The molecule has 0 saturated heterocycles. The molecule has 28 heteroatoms. The van der Waals surface area contributed by atoms with E-state index in [4.69, 9.17) is 72.0 Å². The van der Waals surface area contributed by atoms with Crippen LogP contribution in [-0.4, -0.2) is 110 Å². The molecule has 1 unspecified atom stereocenters. The van der Waals surface area contributed by atoms with E-state index in [1.807, 2.05) is 73.1 Å². The number of rotatable bonds is 16. The maximum atomic E-state index is 12.3. The fraction of sp³-hybridized carbons (Fsp3) is 0.841. The number of nitrogens with one attached hydrogen (secondary N) is 4. The summed E-state index contributed by atoms with van der Waals surface area (Å²) in [4.78, 5) is 19.3. The number of Topliss-reactive ketones (excluding diaryl/α,β-unsaturated/α-hetero) is 1. The minimum absolute atomic E-state index is 0.00231. The van der Waals surface area contributed by atoms with Gasteiger partial charge in [0.2, 0.25) is 12.8 Å². The molecule has 0 aliphatic carbocycles. The Morgan fingerprint density at radius 1 is 0.736 bits per heavy atom. The minimum atomic E-state index is -3.21. The van der Waals surface area contributed by atoms with Gasteiger partial charge >= 0.3 is 0 Å². The van der Waals surface area contributed by atoms with E-state index >= 15 is 0 Å². The maximum absolute atomic E-state index is 12.3. The largest absolute Gasteiger partial charge is 0.409 e. The summed E-state index contributed by atoms with van der Waals surface area (Å²) in [5, 5.41) is 31.7. The lowest BCUT2D eigenvalue weighted by molar-refractivity contribution is -0.282. The van der Waals surface area contributed by atoms with Gasteiger partial charge in [-0.3, -0.25) is 5.14 Å². The van der Waals surface area contributed by atoms with Crippen molar-refractivity contribution in [3.05, 3.63) is 24.4 Å². The number of nitrogens with two attached hydrogens (primary N) is 2. The Bertz CT molecular complexity index is 2500. The number of carbonyl (C=O) groups is 1. The molecule has 0 amide bonds. The van der Waals surface area contributed by atoms with Crippen LogP contribution in [0.4, 0.5) is 0 Å². The summed E-state index contributed by atoms with van der Waals surface area (Å²) in [5.41, 5.74) is -2.52. The summed E-state index contributed by atoms with van der Waals surface area (Å²) in [6.07, 6.45) is 1.87. The van der Waals surface area contributed by atoms with Crippen molar-refractivity contribution >= 4 is 67.3 Å². The van der Waals surface area contributed by atoms with Crippen molar-refractivity contribution < 1.29 is 74.8 Å². The third-order valence-corrected chi connectivity index (χ3v) is 13.1. The van der Waals surface area contributed by atoms with Crippen molar-refractivity contribution in [2.24, 2.45) is 16.0 Å². The molecule has 0 fully saturated rings. The Labute approximate surface area is 472 Å². The zero-order valence-electron chi connectivity index (χ0n) is 62.7. The number of hydrogen-bond donors (Lipinski definition) is 7. The number of carbonyl (C=O) groups excluding carboxylic acids is 1. The normalized spacial score (nSPS) is 19.5. The highest BCUT2D eigenvalue weighted by Gasteiger charge is 2.32. The van der Waals surface area contributed by atoms with E-state index in [9.17, 15) is 21.6 Å². The average Bonchev–Trinajstić information content (AvgIpc) is 0.976. The first-order valence-corrected chi connectivity index (χ1v) is 26.1. The number of nitriles is 1. The highest BCUT2D eigenvalue weighted by molar-refractivity contribution is 7.85. The SMILES string of the molecule is CC(C)(C#N)N[S@@](=O)C(C)(C)C.CC(C)(C)[S@@](N)=O.CCOC(OCC)OCC.[2H]C([2H])([2H])C(C)(NCl)c1ncon1.[2H]C([2H])([2H])C(C)=O.[2H]C([2H])([2H])C(N[S@@](=O)C(C)(C)C)(/C(N)=N/O)C([2H])([2H])[2H].[2H]C([2H])([2H])C(N[S@@](=O)C(C)(C)C)(c1ncon1)C([2H])([2H])[2H]. The summed E-state index contributed by atoms with van der Waals surface area (Å²) < 4.78 is 206. The van der Waals surface area contributed by atoms with Crippen LogP contribution in [0.2, 0.25) is 0 Å². The Hall–Kier alpha value is -2.72. The molecule has 0 radical (unpaired) electrons. The van der Waals surface area contributed by atoms with Gasteiger partial charge in [-0.05, 0) is 184 Å². The summed E-state index contributed by atoms with van der Waals surface area (Å²) in [6.45, 7) is 16.0. The number of amidine groups is 1. The summed E-state index contributed by atoms with van der Waals surface area (Å²) in [5.74, 6) is -2.41. The van der Waals surface area contributed by atoms with Crippen LogP contribution in [0.3, 0.4) is 0 Å². The second kappa shape index (κ2) is 36.3. The predicted octanol–water partition coefficient (Wildman–Crippen LogP) is 6.69. The number of oxime groups is 1. The Morgan fingerprint density at radius 2 is 1.08 bits per heavy atom. The van der Waals surface area contributed by atoms with E-state index in [0.29, 0.717) is 19.8 Å². The Kier molecular flexibility index (Phi) is 24.1. The van der Waals surface area contributed by atoms with Crippen molar-refractivity contribution in [1.29, 1.82) is 5.26 Å². The molecule has 0 spiro atoms. The molecular formula is C44H93ClN12O11S4. The molecule has 2 aromatic heterocycles. The van der Waals surface area contributed by atoms with E-state index in [-0.39, 0.29) is 15.3 Å². The van der Waals surface area contributed by atoms with Crippen molar-refractivity contribution in [2.45, 2.75) is 220 Å². The monoisotopic (exact) mass is 1150 g/mol. The quantitative estimate of drug-likeness (QED) is 0.0230. The highest BCUT2D eigenvalue weighted by atomic mass is 35.5. The molecule has 72 heavy (non-hydrogen) atoms. The van der Waals surface area contributed by atoms with Crippen LogP contribution in [0.5, 0.6) is 0 Å². The average molecular weight is 1150 g/mol. The molecule has 0 aliphatic heterocycles. The lowest BCUT2D eigenvalue weighted by Gasteiger charge is -2.28. The highest BCUT2D eigenvalue weighted by Crippen LogP contribution is 2.20. The van der Waals surface area contributed by atoms with Crippen molar-refractivity contribution in [1.82, 2.24) is 39.3 Å². The number of ketones is 1. The number of hydrogen-bond acceptors (Lipinski definition) is 18. The molecule has 0 aromatic carbocycles. The van der Waals surface area contributed by atoms with Crippen LogP contribution >= 0.6 is 11.8 Å². The molecule has 2 heterocycles. The van der Waals surface area contributed by atoms with Crippen LogP contribution in [0.25, 0.3) is 0 Å². The van der Waals surface area contributed by atoms with Crippen LogP contribution in [0.1, 0.15) is 209 Å². The van der Waals surface area contributed by atoms with Gasteiger partial charge in [0.1, 0.15) is 11.3 Å². The molecule has 0 bridgehead atoms. The number of nitrogens with zero attached hydrogens (tertiary/aromatic N) is 6. The minimum Gasteiger partial charge on any atom is -0.409 e. The van der Waals surface area contributed by atoms with Crippen LogP contribution in [-0.2, 0) is 74.0 Å². The van der Waals surface area contributed by atoms with Gasteiger partial charge < -0.3 is 39.0 Å². The van der Waals surface area contributed by atoms with Gasteiger partial charge in [-0.15, -0.1) is 0 Å². The zero-order valence-corrected chi connectivity index (χ0v) is 48.8. The molecule has 2 rings (SSSR count). The maximum Gasteiger partial charge on any atom is 0.271 e. The summed E-state index contributed by atoms with van der Waals surface area (Å²) in [6, 6.07) is 2.04. The van der Waals surface area contributed by atoms with Gasteiger partial charge in [0.25, 0.3) is 6.48 Å². The lowest BCUT2D eigenvalue weighted by Crippen LogP contribution is -2.54. The van der Waals surface area contributed by atoms with E-state index in [2.05, 4.69) is 48.8 Å². The summed E-state index contributed by atoms with van der Waals surface area (Å²) >= 11 is 5.35. The molecular weight excluding hydrogens is 1040 g/mol. The number of halogens is 1. The fourth-order valence-electron chi connectivity index (χ4n) is 2.49. The Morgan fingerprint density at radius 3 is 1.32 bits per heavy atom. The van der Waals surface area contributed by atoms with Crippen LogP contribution < -0.4 is 29.9 Å². The smallest absolute Gasteiger partial charge is 0.271 e. The molecule has 5 atom stereocenters. The first kappa shape index (κ1) is 47.7. The first-order chi connectivity index (χ1) is 39.7. The molecule has 9 N–H and O–H groups in total. The van der Waals surface area contributed by atoms with E-state index in [0.717, 1.165) is 19.7 Å². The van der Waals surface area contributed by atoms with Gasteiger partial charge in [0, 0.05) is 44.5 Å². The van der Waals surface area contributed by atoms with Gasteiger partial charge in [0.15, 0.2) is 17.5 Å².